The molecule has 0 aromatic heterocycles. The van der Waals surface area contributed by atoms with Gasteiger partial charge in [0.05, 0.1) is 18.6 Å². The molecule has 32 heavy (non-hydrogen) atoms. The third kappa shape index (κ3) is 4.85. The minimum atomic E-state index is -3.76. The van der Waals surface area contributed by atoms with Crippen LogP contribution in [0.15, 0.2) is 42.0 Å². The fourth-order valence-electron chi connectivity index (χ4n) is 3.80. The largest absolute Gasteiger partial charge is 0.450 e. The molecule has 0 N–H and O–H groups in total. The van der Waals surface area contributed by atoms with Gasteiger partial charge in [-0.1, -0.05) is 33.4 Å². The van der Waals surface area contributed by atoms with Crippen molar-refractivity contribution in [2.24, 2.45) is 5.92 Å². The van der Waals surface area contributed by atoms with Crippen molar-refractivity contribution in [3.8, 4) is 11.5 Å². The molecule has 0 spiro atoms. The average Bonchev–Trinajstić information content (AvgIpc) is 2.76. The minimum Gasteiger partial charge on any atom is -0.450 e. The van der Waals surface area contributed by atoms with Crippen LogP contribution in [-0.4, -0.2) is 18.8 Å². The number of ether oxygens (including phenoxy) is 3. The maximum atomic E-state index is 14.7. The molecule has 1 saturated heterocycles. The van der Waals surface area contributed by atoms with Crippen molar-refractivity contribution in [1.29, 1.82) is 0 Å². The average molecular weight is 458 g/mol. The third-order valence-corrected chi connectivity index (χ3v) is 5.77. The topological polar surface area (TPSA) is 27.7 Å². The van der Waals surface area contributed by atoms with Crippen molar-refractivity contribution >= 4 is 0 Å². The molecule has 0 saturated carbocycles. The van der Waals surface area contributed by atoms with Crippen LogP contribution in [0.1, 0.15) is 51.5 Å². The van der Waals surface area contributed by atoms with E-state index in [0.717, 1.165) is 18.9 Å². The summed E-state index contributed by atoms with van der Waals surface area (Å²) in [7, 11) is 0. The van der Waals surface area contributed by atoms with Gasteiger partial charge in [-0.2, -0.15) is 17.6 Å². The van der Waals surface area contributed by atoms with E-state index in [1.54, 1.807) is 6.92 Å². The highest BCUT2D eigenvalue weighted by Gasteiger charge is 2.45. The quantitative estimate of drug-likeness (QED) is 0.406. The first-order valence-corrected chi connectivity index (χ1v) is 10.7. The number of alkyl halides is 2. The van der Waals surface area contributed by atoms with E-state index in [0.29, 0.717) is 6.42 Å². The summed E-state index contributed by atoms with van der Waals surface area (Å²) >= 11 is 0. The van der Waals surface area contributed by atoms with Gasteiger partial charge >= 0.3 is 6.11 Å². The number of hydrogen-bond donors (Lipinski definition) is 0. The highest BCUT2D eigenvalue weighted by atomic mass is 19.3. The zero-order valence-electron chi connectivity index (χ0n) is 18.2. The van der Waals surface area contributed by atoms with E-state index < -0.39 is 41.0 Å². The Bertz CT molecular complexity index is 930. The molecule has 2 aliphatic rings. The molecular formula is C24H27F5O3. The minimum absolute atomic E-state index is 0.0289. The van der Waals surface area contributed by atoms with Crippen molar-refractivity contribution < 1.29 is 36.2 Å². The van der Waals surface area contributed by atoms with E-state index in [-0.39, 0.29) is 54.4 Å². The summed E-state index contributed by atoms with van der Waals surface area (Å²) in [5.74, 6) is -7.13. The first-order chi connectivity index (χ1) is 15.1. The zero-order chi connectivity index (χ0) is 23.6. The van der Waals surface area contributed by atoms with Crippen molar-refractivity contribution in [3.05, 3.63) is 59.2 Å². The van der Waals surface area contributed by atoms with Gasteiger partial charge < -0.3 is 14.2 Å². The van der Waals surface area contributed by atoms with Crippen molar-refractivity contribution in [3.63, 3.8) is 0 Å². The van der Waals surface area contributed by atoms with Gasteiger partial charge in [0.25, 0.3) is 0 Å². The Morgan fingerprint density at radius 1 is 1.22 bits per heavy atom. The Morgan fingerprint density at radius 2 is 1.94 bits per heavy atom. The Kier molecular flexibility index (Phi) is 7.32. The lowest BCUT2D eigenvalue weighted by Crippen LogP contribution is -2.42. The molecule has 0 aliphatic carbocycles. The molecule has 176 valence electrons. The highest BCUT2D eigenvalue weighted by Crippen LogP contribution is 2.43. The maximum absolute atomic E-state index is 14.7. The summed E-state index contributed by atoms with van der Waals surface area (Å²) in [5.41, 5.74) is 0.290. The number of allylic oxidation sites excluding steroid dienone is 3. The summed E-state index contributed by atoms with van der Waals surface area (Å²) in [6.07, 6.45) is -1.46. The Labute approximate surface area is 184 Å². The zero-order valence-corrected chi connectivity index (χ0v) is 18.2. The lowest BCUT2D eigenvalue weighted by Gasteiger charge is -2.33. The Hall–Kier alpha value is -2.35. The molecular weight excluding hydrogens is 431 g/mol. The standard InChI is InChI=1S/C24H27F5O3/c1-5-7-17-9-8-16(12-30-17)24(28,29)32-18-11-15-10-14(4)22(19(25)13(3)6-2)31-23(15)21(27)20(18)26/h11,16-17H,3-10,12H2,1-2H3/b22-19-. The maximum Gasteiger partial charge on any atom is 0.403 e. The lowest BCUT2D eigenvalue weighted by atomic mass is 9.95. The molecule has 0 radical (unpaired) electrons. The van der Waals surface area contributed by atoms with Crippen LogP contribution in [0, 0.1) is 17.6 Å². The smallest absolute Gasteiger partial charge is 0.403 e. The SMILES string of the molecule is C=C(CC)/C(F)=C1/Oc2c(cc(OC(F)(F)C3CCC(CCC)OC3)c(F)c2F)CC1=C. The van der Waals surface area contributed by atoms with Crippen LogP contribution in [0.2, 0.25) is 0 Å². The van der Waals surface area contributed by atoms with Gasteiger partial charge in [-0.05, 0) is 42.9 Å². The molecule has 3 rings (SSSR count). The van der Waals surface area contributed by atoms with E-state index in [1.807, 2.05) is 6.92 Å². The van der Waals surface area contributed by atoms with E-state index in [2.05, 4.69) is 17.9 Å². The van der Waals surface area contributed by atoms with Crippen molar-refractivity contribution in [1.82, 2.24) is 0 Å². The first kappa shape index (κ1) is 24.3. The van der Waals surface area contributed by atoms with Crippen LogP contribution in [0.25, 0.3) is 0 Å². The van der Waals surface area contributed by atoms with Gasteiger partial charge in [-0.15, -0.1) is 0 Å². The predicted octanol–water partition coefficient (Wildman–Crippen LogP) is 7.17. The molecule has 2 aliphatic heterocycles. The predicted molar refractivity (Wildman–Crippen MR) is 110 cm³/mol. The van der Waals surface area contributed by atoms with Crippen LogP contribution in [0.4, 0.5) is 22.0 Å². The van der Waals surface area contributed by atoms with Gasteiger partial charge in [0.2, 0.25) is 11.6 Å². The van der Waals surface area contributed by atoms with Crippen molar-refractivity contribution in [2.75, 3.05) is 6.61 Å². The van der Waals surface area contributed by atoms with Crippen LogP contribution in [0.5, 0.6) is 11.5 Å². The molecule has 1 aromatic rings. The second-order valence-corrected chi connectivity index (χ2v) is 8.16. The third-order valence-electron chi connectivity index (χ3n) is 5.77. The lowest BCUT2D eigenvalue weighted by molar-refractivity contribution is -0.242. The number of hydrogen-bond acceptors (Lipinski definition) is 3. The van der Waals surface area contributed by atoms with E-state index in [4.69, 9.17) is 9.47 Å². The summed E-state index contributed by atoms with van der Waals surface area (Å²) in [6.45, 7) is 10.7. The fourth-order valence-corrected chi connectivity index (χ4v) is 3.80. The van der Waals surface area contributed by atoms with Crippen LogP contribution >= 0.6 is 0 Å². The van der Waals surface area contributed by atoms with Gasteiger partial charge in [-0.25, -0.2) is 4.39 Å². The number of rotatable bonds is 7. The van der Waals surface area contributed by atoms with Crippen molar-refractivity contribution in [2.45, 2.75) is 64.6 Å². The number of benzene rings is 1. The Morgan fingerprint density at radius 3 is 2.53 bits per heavy atom. The van der Waals surface area contributed by atoms with Gasteiger partial charge in [0.1, 0.15) is 0 Å². The normalized spacial score (nSPS) is 22.8. The van der Waals surface area contributed by atoms with Crippen LogP contribution < -0.4 is 9.47 Å². The fraction of sp³-hybridized carbons (Fsp3) is 0.500. The van der Waals surface area contributed by atoms with E-state index in [1.165, 1.54) is 0 Å². The molecule has 1 aromatic carbocycles. The van der Waals surface area contributed by atoms with Gasteiger partial charge in [-0.3, -0.25) is 0 Å². The molecule has 2 atom stereocenters. The second kappa shape index (κ2) is 9.65. The number of fused-ring (bicyclic) bond motifs is 1. The molecule has 0 amide bonds. The summed E-state index contributed by atoms with van der Waals surface area (Å²) in [5, 5.41) is 0. The van der Waals surface area contributed by atoms with E-state index >= 15 is 0 Å². The van der Waals surface area contributed by atoms with Gasteiger partial charge in [0, 0.05) is 12.0 Å². The molecule has 2 unspecified atom stereocenters. The molecule has 0 bridgehead atoms. The first-order valence-electron chi connectivity index (χ1n) is 10.7. The number of halogens is 5. The molecule has 3 nitrogen and oxygen atoms in total. The molecule has 8 heteroatoms. The highest BCUT2D eigenvalue weighted by molar-refractivity contribution is 5.52. The summed E-state index contributed by atoms with van der Waals surface area (Å²) < 4.78 is 88.6. The Balaban J connectivity index is 1.84. The molecule has 2 heterocycles. The summed E-state index contributed by atoms with van der Waals surface area (Å²) in [6, 6.07) is 0.944. The van der Waals surface area contributed by atoms with Crippen LogP contribution in [-0.2, 0) is 11.2 Å². The second-order valence-electron chi connectivity index (χ2n) is 8.16. The summed E-state index contributed by atoms with van der Waals surface area (Å²) in [4.78, 5) is 0. The van der Waals surface area contributed by atoms with Gasteiger partial charge in [0.15, 0.2) is 23.1 Å². The van der Waals surface area contributed by atoms with E-state index in [9.17, 15) is 22.0 Å². The molecule has 1 fully saturated rings. The monoisotopic (exact) mass is 458 g/mol. The van der Waals surface area contributed by atoms with Crippen LogP contribution in [0.3, 0.4) is 0 Å².